The molecule has 0 spiro atoms. The molecule has 0 rings (SSSR count). The standard InChI is InChI=1S/C12H22O2/c1-8(2)11(5)9(3)6-7-10(4)12(13)14/h7-9,11H,6H2,1-5H3,(H,13,14). The lowest BCUT2D eigenvalue weighted by molar-refractivity contribution is -0.132. The highest BCUT2D eigenvalue weighted by Gasteiger charge is 2.14. The molecule has 0 fully saturated rings. The van der Waals surface area contributed by atoms with Crippen LogP contribution in [0.3, 0.4) is 0 Å². The lowest BCUT2D eigenvalue weighted by Gasteiger charge is -2.22. The van der Waals surface area contributed by atoms with E-state index in [9.17, 15) is 4.79 Å². The number of rotatable bonds is 5. The lowest BCUT2D eigenvalue weighted by atomic mass is 9.84. The number of hydrogen-bond donors (Lipinski definition) is 1. The van der Waals surface area contributed by atoms with Gasteiger partial charge in [0.25, 0.3) is 0 Å². The van der Waals surface area contributed by atoms with Crippen LogP contribution in [0.25, 0.3) is 0 Å². The minimum absolute atomic E-state index is 0.452. The SMILES string of the molecule is CC(=CCC(C)C(C)C(C)C)C(=O)O. The summed E-state index contributed by atoms with van der Waals surface area (Å²) in [4.78, 5) is 10.5. The topological polar surface area (TPSA) is 37.3 Å². The lowest BCUT2D eigenvalue weighted by Crippen LogP contribution is -2.13. The predicted molar refractivity (Wildman–Crippen MR) is 59.2 cm³/mol. The fourth-order valence-corrected chi connectivity index (χ4v) is 1.32. The van der Waals surface area contributed by atoms with E-state index >= 15 is 0 Å². The maximum absolute atomic E-state index is 10.5. The van der Waals surface area contributed by atoms with Crippen molar-refractivity contribution < 1.29 is 9.90 Å². The average molecular weight is 198 g/mol. The Bertz CT molecular complexity index is 216. The monoisotopic (exact) mass is 198 g/mol. The summed E-state index contributed by atoms with van der Waals surface area (Å²) >= 11 is 0. The van der Waals surface area contributed by atoms with Crippen molar-refractivity contribution in [2.24, 2.45) is 17.8 Å². The first-order valence-electron chi connectivity index (χ1n) is 5.26. The summed E-state index contributed by atoms with van der Waals surface area (Å²) in [6, 6.07) is 0. The molecular weight excluding hydrogens is 176 g/mol. The van der Waals surface area contributed by atoms with Crippen LogP contribution in [-0.4, -0.2) is 11.1 Å². The van der Waals surface area contributed by atoms with E-state index in [1.54, 1.807) is 6.92 Å². The molecule has 2 heteroatoms. The van der Waals surface area contributed by atoms with Gasteiger partial charge in [-0.1, -0.05) is 33.8 Å². The summed E-state index contributed by atoms with van der Waals surface area (Å²) in [6.45, 7) is 10.5. The van der Waals surface area contributed by atoms with E-state index in [1.165, 1.54) is 0 Å². The summed E-state index contributed by atoms with van der Waals surface area (Å²) < 4.78 is 0. The van der Waals surface area contributed by atoms with E-state index < -0.39 is 5.97 Å². The molecule has 0 aromatic carbocycles. The molecular formula is C12H22O2. The van der Waals surface area contributed by atoms with Crippen LogP contribution in [0.5, 0.6) is 0 Å². The normalized spacial score (nSPS) is 16.9. The first kappa shape index (κ1) is 13.2. The van der Waals surface area contributed by atoms with Crippen molar-refractivity contribution in [1.82, 2.24) is 0 Å². The summed E-state index contributed by atoms with van der Waals surface area (Å²) in [5, 5.41) is 8.67. The number of allylic oxidation sites excluding steroid dienone is 1. The number of carboxylic acid groups (broad SMARTS) is 1. The molecule has 0 aliphatic carbocycles. The highest BCUT2D eigenvalue weighted by Crippen LogP contribution is 2.23. The Balaban J connectivity index is 4.14. The summed E-state index contributed by atoms with van der Waals surface area (Å²) in [7, 11) is 0. The van der Waals surface area contributed by atoms with Gasteiger partial charge >= 0.3 is 5.97 Å². The van der Waals surface area contributed by atoms with Crippen LogP contribution in [0.4, 0.5) is 0 Å². The molecule has 1 N–H and O–H groups in total. The van der Waals surface area contributed by atoms with Crippen LogP contribution in [0.1, 0.15) is 41.0 Å². The van der Waals surface area contributed by atoms with E-state index in [0.717, 1.165) is 6.42 Å². The van der Waals surface area contributed by atoms with Crippen LogP contribution in [0.2, 0.25) is 0 Å². The second-order valence-electron chi connectivity index (χ2n) is 4.51. The number of hydrogen-bond acceptors (Lipinski definition) is 1. The summed E-state index contributed by atoms with van der Waals surface area (Å²) in [5.74, 6) is 1.02. The number of carboxylic acids is 1. The van der Waals surface area contributed by atoms with E-state index in [1.807, 2.05) is 6.08 Å². The zero-order valence-corrected chi connectivity index (χ0v) is 9.87. The predicted octanol–water partition coefficient (Wildman–Crippen LogP) is 3.34. The first-order valence-corrected chi connectivity index (χ1v) is 5.26. The minimum atomic E-state index is -0.811. The highest BCUT2D eigenvalue weighted by atomic mass is 16.4. The summed E-state index contributed by atoms with van der Waals surface area (Å²) in [5.41, 5.74) is 0.452. The number of carbonyl (C=O) groups is 1. The van der Waals surface area contributed by atoms with Gasteiger partial charge in [0.2, 0.25) is 0 Å². The van der Waals surface area contributed by atoms with Crippen molar-refractivity contribution in [2.75, 3.05) is 0 Å². The number of aliphatic carboxylic acids is 1. The maximum Gasteiger partial charge on any atom is 0.330 e. The fraction of sp³-hybridized carbons (Fsp3) is 0.750. The average Bonchev–Trinajstić information content (AvgIpc) is 2.11. The Morgan fingerprint density at radius 2 is 1.79 bits per heavy atom. The van der Waals surface area contributed by atoms with E-state index in [4.69, 9.17) is 5.11 Å². The van der Waals surface area contributed by atoms with Gasteiger partial charge in [-0.15, -0.1) is 0 Å². The Hall–Kier alpha value is -0.790. The van der Waals surface area contributed by atoms with Gasteiger partial charge < -0.3 is 5.11 Å². The molecule has 0 saturated carbocycles. The van der Waals surface area contributed by atoms with Crippen molar-refractivity contribution in [3.05, 3.63) is 11.6 Å². The van der Waals surface area contributed by atoms with Crippen molar-refractivity contribution in [3.63, 3.8) is 0 Å². The van der Waals surface area contributed by atoms with E-state index in [-0.39, 0.29) is 0 Å². The molecule has 0 bridgehead atoms. The third-order valence-corrected chi connectivity index (χ3v) is 3.08. The van der Waals surface area contributed by atoms with Crippen molar-refractivity contribution in [3.8, 4) is 0 Å². The van der Waals surface area contributed by atoms with Crippen molar-refractivity contribution in [1.29, 1.82) is 0 Å². The van der Waals surface area contributed by atoms with Crippen molar-refractivity contribution in [2.45, 2.75) is 41.0 Å². The van der Waals surface area contributed by atoms with Gasteiger partial charge in [0.05, 0.1) is 0 Å². The zero-order valence-electron chi connectivity index (χ0n) is 9.87. The van der Waals surface area contributed by atoms with E-state index in [2.05, 4.69) is 27.7 Å². The van der Waals surface area contributed by atoms with E-state index in [0.29, 0.717) is 23.3 Å². The Kier molecular flexibility index (Phi) is 5.51. The van der Waals surface area contributed by atoms with Gasteiger partial charge in [-0.05, 0) is 31.1 Å². The smallest absolute Gasteiger partial charge is 0.330 e. The third-order valence-electron chi connectivity index (χ3n) is 3.08. The van der Waals surface area contributed by atoms with Gasteiger partial charge in [-0.25, -0.2) is 4.79 Å². The Morgan fingerprint density at radius 3 is 2.14 bits per heavy atom. The Labute approximate surface area is 87.0 Å². The molecule has 2 unspecified atom stereocenters. The first-order chi connectivity index (χ1) is 6.36. The van der Waals surface area contributed by atoms with Crippen LogP contribution < -0.4 is 0 Å². The minimum Gasteiger partial charge on any atom is -0.478 e. The molecule has 0 aromatic rings. The molecule has 2 nitrogen and oxygen atoms in total. The van der Waals surface area contributed by atoms with Gasteiger partial charge in [0.1, 0.15) is 0 Å². The quantitative estimate of drug-likeness (QED) is 0.688. The van der Waals surface area contributed by atoms with Crippen molar-refractivity contribution >= 4 is 5.97 Å². The molecule has 2 atom stereocenters. The Morgan fingerprint density at radius 1 is 1.29 bits per heavy atom. The van der Waals surface area contributed by atoms with Crippen LogP contribution in [0.15, 0.2) is 11.6 Å². The molecule has 0 aliphatic rings. The largest absolute Gasteiger partial charge is 0.478 e. The molecule has 0 saturated heterocycles. The molecule has 14 heavy (non-hydrogen) atoms. The maximum atomic E-state index is 10.5. The molecule has 0 heterocycles. The molecule has 0 radical (unpaired) electrons. The second-order valence-corrected chi connectivity index (χ2v) is 4.51. The van der Waals surface area contributed by atoms with Crippen LogP contribution in [-0.2, 0) is 4.79 Å². The summed E-state index contributed by atoms with van der Waals surface area (Å²) in [6.07, 6.45) is 2.68. The van der Waals surface area contributed by atoms with Gasteiger partial charge in [-0.3, -0.25) is 0 Å². The molecule has 82 valence electrons. The highest BCUT2D eigenvalue weighted by molar-refractivity contribution is 5.85. The van der Waals surface area contributed by atoms with Gasteiger partial charge in [0.15, 0.2) is 0 Å². The van der Waals surface area contributed by atoms with Gasteiger partial charge in [-0.2, -0.15) is 0 Å². The molecule has 0 aromatic heterocycles. The molecule has 0 aliphatic heterocycles. The van der Waals surface area contributed by atoms with Gasteiger partial charge in [0, 0.05) is 5.57 Å². The van der Waals surface area contributed by atoms with Crippen LogP contribution >= 0.6 is 0 Å². The van der Waals surface area contributed by atoms with Crippen LogP contribution in [0, 0.1) is 17.8 Å². The second kappa shape index (κ2) is 5.84. The zero-order chi connectivity index (χ0) is 11.3. The molecule has 0 amide bonds. The third kappa shape index (κ3) is 4.45. The fourth-order valence-electron chi connectivity index (χ4n) is 1.32.